The zero-order valence-electron chi connectivity index (χ0n) is 11.4. The largest absolute Gasteiger partial charge is 0.490 e. The monoisotopic (exact) mass is 349 g/mol. The van der Waals surface area contributed by atoms with Crippen LogP contribution in [0.3, 0.4) is 0 Å². The van der Waals surface area contributed by atoms with Crippen molar-refractivity contribution < 1.29 is 14.3 Å². The van der Waals surface area contributed by atoms with Gasteiger partial charge in [-0.25, -0.2) is 0 Å². The zero-order valence-corrected chi connectivity index (χ0v) is 13.0. The van der Waals surface area contributed by atoms with Crippen LogP contribution in [-0.2, 0) is 16.0 Å². The van der Waals surface area contributed by atoms with E-state index in [1.165, 1.54) is 0 Å². The molecule has 2 aromatic rings. The molecule has 0 atom stereocenters. The minimum Gasteiger partial charge on any atom is -0.490 e. The van der Waals surface area contributed by atoms with Crippen LogP contribution < -0.4 is 10.5 Å². The van der Waals surface area contributed by atoms with Gasteiger partial charge in [0.1, 0.15) is 19.0 Å². The van der Waals surface area contributed by atoms with Crippen molar-refractivity contribution in [2.24, 2.45) is 0 Å². The number of hydrogen-bond donors (Lipinski definition) is 1. The summed E-state index contributed by atoms with van der Waals surface area (Å²) in [6.45, 7) is 0.555. The van der Waals surface area contributed by atoms with Gasteiger partial charge in [0, 0.05) is 10.2 Å². The highest BCUT2D eigenvalue weighted by atomic mass is 79.9. The predicted molar refractivity (Wildman–Crippen MR) is 85.2 cm³/mol. The van der Waals surface area contributed by atoms with Gasteiger partial charge in [-0.2, -0.15) is 0 Å². The Balaban J connectivity index is 1.67. The number of carbonyl (C=O) groups is 1. The Morgan fingerprint density at radius 2 is 1.67 bits per heavy atom. The molecule has 2 aromatic carbocycles. The van der Waals surface area contributed by atoms with Crippen LogP contribution in [0.1, 0.15) is 5.56 Å². The van der Waals surface area contributed by atoms with Gasteiger partial charge in [-0.3, -0.25) is 4.79 Å². The molecular formula is C16H16BrNO3. The highest BCUT2D eigenvalue weighted by Crippen LogP contribution is 2.15. The molecule has 0 fully saturated rings. The number of nitrogens with two attached hydrogens (primary N) is 1. The molecule has 0 saturated carbocycles. The third-order valence-corrected chi connectivity index (χ3v) is 3.29. The lowest BCUT2D eigenvalue weighted by Gasteiger charge is -2.07. The number of esters is 1. The van der Waals surface area contributed by atoms with Crippen molar-refractivity contribution in [3.8, 4) is 5.75 Å². The number of carbonyl (C=O) groups excluding carboxylic acids is 1. The lowest BCUT2D eigenvalue weighted by atomic mass is 10.1. The summed E-state index contributed by atoms with van der Waals surface area (Å²) < 4.78 is 11.6. The van der Waals surface area contributed by atoms with Crippen LogP contribution >= 0.6 is 15.9 Å². The number of ether oxygens (including phenoxy) is 2. The second kappa shape index (κ2) is 7.69. The third kappa shape index (κ3) is 5.47. The Kier molecular flexibility index (Phi) is 5.63. The molecule has 0 spiro atoms. The summed E-state index contributed by atoms with van der Waals surface area (Å²) in [5.74, 6) is 0.465. The van der Waals surface area contributed by atoms with Crippen molar-refractivity contribution in [3.05, 3.63) is 58.6 Å². The molecule has 0 heterocycles. The van der Waals surface area contributed by atoms with E-state index in [1.807, 2.05) is 36.4 Å². The smallest absolute Gasteiger partial charge is 0.310 e. The molecule has 0 radical (unpaired) electrons. The van der Waals surface area contributed by atoms with E-state index in [2.05, 4.69) is 15.9 Å². The van der Waals surface area contributed by atoms with Gasteiger partial charge in [0.25, 0.3) is 0 Å². The maximum absolute atomic E-state index is 11.6. The Morgan fingerprint density at radius 1 is 1.00 bits per heavy atom. The lowest BCUT2D eigenvalue weighted by Crippen LogP contribution is -2.14. The first kappa shape index (κ1) is 15.4. The van der Waals surface area contributed by atoms with Crippen molar-refractivity contribution in [2.75, 3.05) is 18.9 Å². The van der Waals surface area contributed by atoms with Crippen LogP contribution in [0.25, 0.3) is 0 Å². The number of rotatable bonds is 6. The maximum atomic E-state index is 11.6. The summed E-state index contributed by atoms with van der Waals surface area (Å²) in [4.78, 5) is 11.6. The number of anilines is 1. The molecule has 0 aromatic heterocycles. The second-order valence-electron chi connectivity index (χ2n) is 4.44. The summed E-state index contributed by atoms with van der Waals surface area (Å²) >= 11 is 3.35. The van der Waals surface area contributed by atoms with E-state index < -0.39 is 0 Å². The minimum absolute atomic E-state index is 0.226. The van der Waals surface area contributed by atoms with Crippen LogP contribution in [0.4, 0.5) is 5.69 Å². The Bertz CT molecular complexity index is 581. The highest BCUT2D eigenvalue weighted by Gasteiger charge is 2.04. The van der Waals surface area contributed by atoms with Gasteiger partial charge in [-0.1, -0.05) is 28.1 Å². The second-order valence-corrected chi connectivity index (χ2v) is 5.36. The molecule has 0 aliphatic rings. The van der Waals surface area contributed by atoms with Gasteiger partial charge in [0.15, 0.2) is 0 Å². The Labute approximate surface area is 132 Å². The number of hydrogen-bond acceptors (Lipinski definition) is 4. The summed E-state index contributed by atoms with van der Waals surface area (Å²) in [6.07, 6.45) is 0.235. The summed E-state index contributed by atoms with van der Waals surface area (Å²) in [5, 5.41) is 0. The number of halogens is 1. The van der Waals surface area contributed by atoms with Crippen molar-refractivity contribution in [1.29, 1.82) is 0 Å². The van der Waals surface area contributed by atoms with Crippen LogP contribution in [0, 0.1) is 0 Å². The summed E-state index contributed by atoms with van der Waals surface area (Å²) in [5.41, 5.74) is 7.14. The fraction of sp³-hybridized carbons (Fsp3) is 0.188. The van der Waals surface area contributed by atoms with E-state index in [0.717, 1.165) is 15.8 Å². The Morgan fingerprint density at radius 3 is 2.33 bits per heavy atom. The van der Waals surface area contributed by atoms with Crippen LogP contribution in [0.15, 0.2) is 53.0 Å². The van der Waals surface area contributed by atoms with E-state index in [9.17, 15) is 4.79 Å². The van der Waals surface area contributed by atoms with Gasteiger partial charge in [0.05, 0.1) is 6.42 Å². The Hall–Kier alpha value is -2.01. The molecule has 0 aliphatic heterocycles. The molecule has 0 bridgehead atoms. The van der Waals surface area contributed by atoms with Gasteiger partial charge < -0.3 is 15.2 Å². The molecule has 0 aliphatic carbocycles. The molecule has 21 heavy (non-hydrogen) atoms. The first-order valence-corrected chi connectivity index (χ1v) is 7.31. The van der Waals surface area contributed by atoms with Crippen LogP contribution in [0.2, 0.25) is 0 Å². The molecule has 2 N–H and O–H groups in total. The topological polar surface area (TPSA) is 61.6 Å². The first-order chi connectivity index (χ1) is 10.1. The van der Waals surface area contributed by atoms with E-state index >= 15 is 0 Å². The van der Waals surface area contributed by atoms with Crippen molar-refractivity contribution in [3.63, 3.8) is 0 Å². The maximum Gasteiger partial charge on any atom is 0.310 e. The zero-order chi connectivity index (χ0) is 15.1. The fourth-order valence-corrected chi connectivity index (χ4v) is 1.96. The normalized spacial score (nSPS) is 10.1. The quantitative estimate of drug-likeness (QED) is 0.494. The van der Waals surface area contributed by atoms with Gasteiger partial charge in [0.2, 0.25) is 0 Å². The van der Waals surface area contributed by atoms with Gasteiger partial charge in [-0.15, -0.1) is 0 Å². The molecule has 5 heteroatoms. The first-order valence-electron chi connectivity index (χ1n) is 6.52. The number of benzene rings is 2. The average Bonchev–Trinajstić information content (AvgIpc) is 2.48. The van der Waals surface area contributed by atoms with Crippen molar-refractivity contribution in [2.45, 2.75) is 6.42 Å². The van der Waals surface area contributed by atoms with Crippen molar-refractivity contribution in [1.82, 2.24) is 0 Å². The highest BCUT2D eigenvalue weighted by molar-refractivity contribution is 9.10. The van der Waals surface area contributed by atoms with Crippen LogP contribution in [-0.4, -0.2) is 19.2 Å². The predicted octanol–water partition coefficient (Wildman–Crippen LogP) is 3.20. The number of nitrogen functional groups attached to an aromatic ring is 1. The molecular weight excluding hydrogens is 334 g/mol. The minimum atomic E-state index is -0.279. The van der Waals surface area contributed by atoms with Crippen molar-refractivity contribution >= 4 is 27.6 Å². The van der Waals surface area contributed by atoms with Gasteiger partial charge in [-0.05, 0) is 42.0 Å². The van der Waals surface area contributed by atoms with E-state index in [0.29, 0.717) is 12.3 Å². The molecule has 110 valence electrons. The van der Waals surface area contributed by atoms with E-state index in [1.54, 1.807) is 12.1 Å². The van der Waals surface area contributed by atoms with Crippen LogP contribution in [0.5, 0.6) is 5.75 Å². The SMILES string of the molecule is Nc1ccc(CC(=O)OCCOc2ccc(Br)cc2)cc1. The molecule has 0 unspecified atom stereocenters. The standard InChI is InChI=1S/C16H16BrNO3/c17-13-3-7-15(8-4-13)20-9-10-21-16(19)11-12-1-5-14(18)6-2-12/h1-8H,9-11,18H2. The summed E-state index contributed by atoms with van der Waals surface area (Å²) in [6, 6.07) is 14.6. The molecule has 0 saturated heterocycles. The fourth-order valence-electron chi connectivity index (χ4n) is 1.70. The van der Waals surface area contributed by atoms with E-state index in [-0.39, 0.29) is 19.0 Å². The summed E-state index contributed by atoms with van der Waals surface area (Å²) in [7, 11) is 0. The molecule has 0 amide bonds. The molecule has 4 nitrogen and oxygen atoms in total. The average molecular weight is 350 g/mol. The third-order valence-electron chi connectivity index (χ3n) is 2.76. The lowest BCUT2D eigenvalue weighted by molar-refractivity contribution is -0.143. The van der Waals surface area contributed by atoms with E-state index in [4.69, 9.17) is 15.2 Å². The molecule has 2 rings (SSSR count). The van der Waals surface area contributed by atoms with Gasteiger partial charge >= 0.3 is 5.97 Å².